The van der Waals surface area contributed by atoms with Crippen molar-refractivity contribution in [3.8, 4) is 17.2 Å². The smallest absolute Gasteiger partial charge is 0.342 e. The molecule has 1 N–H and O–H groups in total. The number of ether oxygens (including phenoxy) is 3. The Hall–Kier alpha value is -3.54. The van der Waals surface area contributed by atoms with Crippen LogP contribution in [0.25, 0.3) is 10.8 Å². The molecular formula is C21H18O6. The second kappa shape index (κ2) is 7.78. The van der Waals surface area contributed by atoms with Gasteiger partial charge in [-0.15, -0.1) is 0 Å². The Bertz CT molecular complexity index is 1010. The highest BCUT2D eigenvalue weighted by molar-refractivity contribution is 6.03. The van der Waals surface area contributed by atoms with Crippen LogP contribution >= 0.6 is 0 Å². The number of ketones is 1. The fourth-order valence-corrected chi connectivity index (χ4v) is 2.71. The Morgan fingerprint density at radius 2 is 1.59 bits per heavy atom. The topological polar surface area (TPSA) is 82.1 Å². The zero-order valence-corrected chi connectivity index (χ0v) is 14.9. The van der Waals surface area contributed by atoms with Crippen LogP contribution in [-0.4, -0.2) is 37.7 Å². The molecule has 0 unspecified atom stereocenters. The predicted molar refractivity (Wildman–Crippen MR) is 99.8 cm³/mol. The van der Waals surface area contributed by atoms with Gasteiger partial charge in [0.1, 0.15) is 22.8 Å². The summed E-state index contributed by atoms with van der Waals surface area (Å²) in [5, 5.41) is 11.7. The number of benzene rings is 3. The van der Waals surface area contributed by atoms with Crippen molar-refractivity contribution in [2.45, 2.75) is 0 Å². The monoisotopic (exact) mass is 366 g/mol. The van der Waals surface area contributed by atoms with E-state index in [9.17, 15) is 14.7 Å². The van der Waals surface area contributed by atoms with Crippen molar-refractivity contribution >= 4 is 22.5 Å². The molecule has 6 heteroatoms. The molecule has 27 heavy (non-hydrogen) atoms. The van der Waals surface area contributed by atoms with E-state index in [0.717, 1.165) is 10.8 Å². The molecule has 0 spiro atoms. The van der Waals surface area contributed by atoms with E-state index in [-0.39, 0.29) is 16.9 Å². The lowest BCUT2D eigenvalue weighted by molar-refractivity contribution is 0.0471. The summed E-state index contributed by atoms with van der Waals surface area (Å²) >= 11 is 0. The first-order valence-electron chi connectivity index (χ1n) is 8.17. The van der Waals surface area contributed by atoms with E-state index < -0.39 is 18.4 Å². The first kappa shape index (κ1) is 18.3. The molecule has 6 nitrogen and oxygen atoms in total. The van der Waals surface area contributed by atoms with Crippen molar-refractivity contribution in [3.63, 3.8) is 0 Å². The van der Waals surface area contributed by atoms with Gasteiger partial charge in [-0.25, -0.2) is 4.79 Å². The minimum atomic E-state index is -0.779. The molecule has 3 aromatic rings. The van der Waals surface area contributed by atoms with E-state index in [1.54, 1.807) is 18.2 Å². The van der Waals surface area contributed by atoms with Crippen molar-refractivity contribution in [2.75, 3.05) is 20.8 Å². The lowest BCUT2D eigenvalue weighted by Gasteiger charge is -2.11. The van der Waals surface area contributed by atoms with Gasteiger partial charge < -0.3 is 19.3 Å². The minimum Gasteiger partial charge on any atom is -0.507 e. The summed E-state index contributed by atoms with van der Waals surface area (Å²) in [5.41, 5.74) is 0.275. The number of phenols is 1. The number of phenolic OH excluding ortho intramolecular Hbond substituents is 1. The second-order valence-electron chi connectivity index (χ2n) is 5.78. The number of hydrogen-bond acceptors (Lipinski definition) is 6. The van der Waals surface area contributed by atoms with Gasteiger partial charge in [0.05, 0.1) is 19.8 Å². The number of rotatable bonds is 6. The SMILES string of the molecule is COc1ccc(C(=O)COC(=O)c2cc3ccccc3cc2O)c(OC)c1. The van der Waals surface area contributed by atoms with Gasteiger partial charge in [-0.1, -0.05) is 24.3 Å². The van der Waals surface area contributed by atoms with Gasteiger partial charge in [-0.3, -0.25) is 4.79 Å². The molecule has 0 amide bonds. The predicted octanol–water partition coefficient (Wildman–Crippen LogP) is 3.60. The minimum absolute atomic E-state index is 0.00296. The number of carbonyl (C=O) groups excluding carboxylic acids is 2. The zero-order chi connectivity index (χ0) is 19.4. The Labute approximate surface area is 155 Å². The first-order valence-corrected chi connectivity index (χ1v) is 8.17. The normalized spacial score (nSPS) is 10.4. The molecule has 0 heterocycles. The van der Waals surface area contributed by atoms with Crippen LogP contribution in [0.15, 0.2) is 54.6 Å². The van der Waals surface area contributed by atoms with Gasteiger partial charge in [0, 0.05) is 6.07 Å². The molecule has 0 aliphatic carbocycles. The van der Waals surface area contributed by atoms with Crippen LogP contribution in [0, 0.1) is 0 Å². The lowest BCUT2D eigenvalue weighted by Crippen LogP contribution is -2.15. The van der Waals surface area contributed by atoms with Crippen molar-refractivity contribution in [2.24, 2.45) is 0 Å². The van der Waals surface area contributed by atoms with E-state index in [2.05, 4.69) is 0 Å². The summed E-state index contributed by atoms with van der Waals surface area (Å²) in [7, 11) is 2.94. The standard InChI is InChI=1S/C21H18O6/c1-25-15-7-8-16(20(11-15)26-2)19(23)12-27-21(24)17-9-13-5-3-4-6-14(13)10-18(17)22/h3-11,22H,12H2,1-2H3. The highest BCUT2D eigenvalue weighted by Crippen LogP contribution is 2.27. The molecule has 0 aromatic heterocycles. The van der Waals surface area contributed by atoms with Crippen LogP contribution in [0.2, 0.25) is 0 Å². The molecule has 0 saturated carbocycles. The Morgan fingerprint density at radius 1 is 0.889 bits per heavy atom. The van der Waals surface area contributed by atoms with Gasteiger partial charge in [-0.2, -0.15) is 0 Å². The van der Waals surface area contributed by atoms with Gasteiger partial charge in [0.25, 0.3) is 0 Å². The number of carbonyl (C=O) groups is 2. The van der Waals surface area contributed by atoms with Crippen LogP contribution in [0.1, 0.15) is 20.7 Å². The molecule has 0 atom stereocenters. The highest BCUT2D eigenvalue weighted by Gasteiger charge is 2.18. The third-order valence-corrected chi connectivity index (χ3v) is 4.13. The quantitative estimate of drug-likeness (QED) is 0.530. The number of methoxy groups -OCH3 is 2. The van der Waals surface area contributed by atoms with Crippen LogP contribution in [0.4, 0.5) is 0 Å². The van der Waals surface area contributed by atoms with Crippen molar-refractivity contribution in [1.82, 2.24) is 0 Å². The number of Topliss-reactive ketones (excluding diaryl/α,β-unsaturated/α-hetero) is 1. The first-order chi connectivity index (χ1) is 13.0. The summed E-state index contributed by atoms with van der Waals surface area (Å²) < 4.78 is 15.4. The average molecular weight is 366 g/mol. The maximum absolute atomic E-state index is 12.4. The van der Waals surface area contributed by atoms with E-state index in [1.807, 2.05) is 24.3 Å². The molecule has 3 rings (SSSR count). The van der Waals surface area contributed by atoms with E-state index in [1.165, 1.54) is 26.4 Å². The fraction of sp³-hybridized carbons (Fsp3) is 0.143. The van der Waals surface area contributed by atoms with Gasteiger partial charge >= 0.3 is 5.97 Å². The molecule has 0 radical (unpaired) electrons. The number of hydrogen-bond donors (Lipinski definition) is 1. The third-order valence-electron chi connectivity index (χ3n) is 4.13. The summed E-state index contributed by atoms with van der Waals surface area (Å²) in [5.74, 6) is -0.541. The number of fused-ring (bicyclic) bond motifs is 1. The van der Waals surface area contributed by atoms with E-state index in [4.69, 9.17) is 14.2 Å². The van der Waals surface area contributed by atoms with Crippen LogP contribution in [-0.2, 0) is 4.74 Å². The third kappa shape index (κ3) is 3.84. The average Bonchev–Trinajstić information content (AvgIpc) is 2.70. The van der Waals surface area contributed by atoms with E-state index in [0.29, 0.717) is 11.5 Å². The summed E-state index contributed by atoms with van der Waals surface area (Å²) in [4.78, 5) is 24.7. The van der Waals surface area contributed by atoms with Gasteiger partial charge in [0.2, 0.25) is 5.78 Å². The van der Waals surface area contributed by atoms with Crippen LogP contribution in [0.5, 0.6) is 17.2 Å². The van der Waals surface area contributed by atoms with Crippen LogP contribution in [0.3, 0.4) is 0 Å². The molecule has 0 fully saturated rings. The summed E-state index contributed by atoms with van der Waals surface area (Å²) in [6.45, 7) is -0.478. The fourth-order valence-electron chi connectivity index (χ4n) is 2.71. The zero-order valence-electron chi connectivity index (χ0n) is 14.9. The lowest BCUT2D eigenvalue weighted by atomic mass is 10.1. The molecule has 3 aromatic carbocycles. The number of esters is 1. The van der Waals surface area contributed by atoms with Gasteiger partial charge in [-0.05, 0) is 35.0 Å². The van der Waals surface area contributed by atoms with Gasteiger partial charge in [0.15, 0.2) is 6.61 Å². The maximum atomic E-state index is 12.4. The molecule has 0 aliphatic rings. The number of aromatic hydroxyl groups is 1. The largest absolute Gasteiger partial charge is 0.507 e. The van der Waals surface area contributed by atoms with Crippen molar-refractivity contribution in [3.05, 3.63) is 65.7 Å². The molecule has 0 bridgehead atoms. The van der Waals surface area contributed by atoms with Crippen molar-refractivity contribution < 1.29 is 28.9 Å². The molecule has 0 aliphatic heterocycles. The highest BCUT2D eigenvalue weighted by atomic mass is 16.5. The maximum Gasteiger partial charge on any atom is 0.342 e. The Balaban J connectivity index is 1.76. The Morgan fingerprint density at radius 3 is 2.26 bits per heavy atom. The summed E-state index contributed by atoms with van der Waals surface area (Å²) in [6.07, 6.45) is 0. The van der Waals surface area contributed by atoms with E-state index >= 15 is 0 Å². The Kier molecular flexibility index (Phi) is 5.26. The van der Waals surface area contributed by atoms with Crippen molar-refractivity contribution in [1.29, 1.82) is 0 Å². The van der Waals surface area contributed by atoms with Crippen LogP contribution < -0.4 is 9.47 Å². The molecule has 0 saturated heterocycles. The summed E-state index contributed by atoms with van der Waals surface area (Å²) in [6, 6.07) is 15.1. The second-order valence-corrected chi connectivity index (χ2v) is 5.78. The molecule has 138 valence electrons. The molecular weight excluding hydrogens is 348 g/mol.